The van der Waals surface area contributed by atoms with E-state index in [-0.39, 0.29) is 24.7 Å². The van der Waals surface area contributed by atoms with Crippen LogP contribution in [0.15, 0.2) is 109 Å². The van der Waals surface area contributed by atoms with Gasteiger partial charge in [-0.2, -0.15) is 0 Å². The Morgan fingerprint density at radius 3 is 2.10 bits per heavy atom. The SMILES string of the molecule is O=C(O)c1ccc(COc2cccc(C(O)(C(=O)OCC3CCN(Cc4ccccc4)CC3)c3ccccc3)c2)cc1. The summed E-state index contributed by atoms with van der Waals surface area (Å²) in [6.45, 7) is 3.21. The summed E-state index contributed by atoms with van der Waals surface area (Å²) in [6, 6.07) is 32.4. The van der Waals surface area contributed by atoms with Gasteiger partial charge >= 0.3 is 11.9 Å². The van der Waals surface area contributed by atoms with Crippen molar-refractivity contribution in [2.45, 2.75) is 31.6 Å². The van der Waals surface area contributed by atoms with Crippen molar-refractivity contribution >= 4 is 11.9 Å². The molecule has 4 aromatic rings. The van der Waals surface area contributed by atoms with Crippen molar-refractivity contribution in [1.82, 2.24) is 4.90 Å². The average molecular weight is 566 g/mol. The fraction of sp³-hybridized carbons (Fsp3) is 0.257. The number of aliphatic hydroxyl groups is 1. The third-order valence-corrected chi connectivity index (χ3v) is 7.75. The molecule has 0 amide bonds. The number of likely N-dealkylation sites (tertiary alicyclic amines) is 1. The molecule has 0 radical (unpaired) electrons. The summed E-state index contributed by atoms with van der Waals surface area (Å²) in [5.41, 5.74) is 1.02. The molecule has 42 heavy (non-hydrogen) atoms. The Balaban J connectivity index is 1.24. The highest BCUT2D eigenvalue weighted by molar-refractivity contribution is 5.87. The molecule has 1 saturated heterocycles. The molecule has 1 heterocycles. The highest BCUT2D eigenvalue weighted by Gasteiger charge is 2.42. The number of hydrogen-bond acceptors (Lipinski definition) is 6. The maximum absolute atomic E-state index is 13.6. The average Bonchev–Trinajstić information content (AvgIpc) is 3.04. The highest BCUT2D eigenvalue weighted by Crippen LogP contribution is 2.34. The fourth-order valence-corrected chi connectivity index (χ4v) is 5.25. The largest absolute Gasteiger partial charge is 0.489 e. The van der Waals surface area contributed by atoms with Crippen LogP contribution < -0.4 is 4.74 Å². The van der Waals surface area contributed by atoms with E-state index >= 15 is 0 Å². The summed E-state index contributed by atoms with van der Waals surface area (Å²) in [5, 5.41) is 21.1. The number of esters is 1. The monoisotopic (exact) mass is 565 g/mol. The topological polar surface area (TPSA) is 96.3 Å². The van der Waals surface area contributed by atoms with Crippen LogP contribution in [-0.4, -0.2) is 46.7 Å². The van der Waals surface area contributed by atoms with Crippen LogP contribution in [0.3, 0.4) is 0 Å². The first-order valence-corrected chi connectivity index (χ1v) is 14.2. The number of nitrogens with zero attached hydrogens (tertiary/aromatic N) is 1. The van der Waals surface area contributed by atoms with Crippen LogP contribution >= 0.6 is 0 Å². The molecule has 1 fully saturated rings. The van der Waals surface area contributed by atoms with E-state index in [2.05, 4.69) is 29.2 Å². The minimum atomic E-state index is -2.02. The molecule has 0 spiro atoms. The summed E-state index contributed by atoms with van der Waals surface area (Å²) in [6.07, 6.45) is 1.83. The van der Waals surface area contributed by atoms with Gasteiger partial charge in [0.2, 0.25) is 5.60 Å². The van der Waals surface area contributed by atoms with E-state index in [1.165, 1.54) is 17.7 Å². The van der Waals surface area contributed by atoms with Crippen molar-refractivity contribution < 1.29 is 29.3 Å². The zero-order chi connectivity index (χ0) is 29.4. The minimum Gasteiger partial charge on any atom is -0.489 e. The molecule has 1 aliphatic heterocycles. The molecule has 5 rings (SSSR count). The van der Waals surface area contributed by atoms with Gasteiger partial charge in [-0.25, -0.2) is 9.59 Å². The van der Waals surface area contributed by atoms with Crippen LogP contribution in [0, 0.1) is 5.92 Å². The minimum absolute atomic E-state index is 0.195. The molecule has 0 saturated carbocycles. The molecule has 4 aromatic carbocycles. The summed E-state index contributed by atoms with van der Waals surface area (Å²) in [7, 11) is 0. The third kappa shape index (κ3) is 7.05. The van der Waals surface area contributed by atoms with E-state index in [1.54, 1.807) is 60.7 Å². The van der Waals surface area contributed by atoms with E-state index in [0.717, 1.165) is 38.0 Å². The van der Waals surface area contributed by atoms with Gasteiger partial charge in [-0.05, 0) is 72.8 Å². The van der Waals surface area contributed by atoms with Crippen LogP contribution in [0.4, 0.5) is 0 Å². The summed E-state index contributed by atoms with van der Waals surface area (Å²) >= 11 is 0. The number of carboxylic acids is 1. The second kappa shape index (κ2) is 13.5. The molecule has 1 aliphatic rings. The number of ether oxygens (including phenoxy) is 2. The van der Waals surface area contributed by atoms with Crippen LogP contribution in [-0.2, 0) is 28.3 Å². The molecule has 0 aromatic heterocycles. The summed E-state index contributed by atoms with van der Waals surface area (Å²) in [5.74, 6) is -1.02. The number of carbonyl (C=O) groups excluding carboxylic acids is 1. The van der Waals surface area contributed by atoms with Gasteiger partial charge in [-0.3, -0.25) is 4.90 Å². The van der Waals surface area contributed by atoms with E-state index < -0.39 is 17.5 Å². The van der Waals surface area contributed by atoms with Crippen LogP contribution in [0.5, 0.6) is 5.75 Å². The van der Waals surface area contributed by atoms with Crippen LogP contribution in [0.1, 0.15) is 45.5 Å². The lowest BCUT2D eigenvalue weighted by atomic mass is 9.86. The first-order chi connectivity index (χ1) is 20.4. The molecular weight excluding hydrogens is 530 g/mol. The number of rotatable bonds is 11. The Labute approximate surface area is 246 Å². The summed E-state index contributed by atoms with van der Waals surface area (Å²) < 4.78 is 11.7. The van der Waals surface area contributed by atoms with Gasteiger partial charge in [0.05, 0.1) is 12.2 Å². The maximum atomic E-state index is 13.6. The van der Waals surface area contributed by atoms with Gasteiger partial charge in [0.1, 0.15) is 12.4 Å². The molecule has 0 aliphatic carbocycles. The standard InChI is InChI=1S/C35H35NO6/c37-33(38)29-16-14-27(15-17-29)24-41-32-13-7-12-31(22-32)35(40,30-10-5-2-6-11-30)34(39)42-25-28-18-20-36(21-19-28)23-26-8-3-1-4-9-26/h1-17,22,28,40H,18-21,23-25H2,(H,37,38). The normalized spacial score (nSPS) is 15.5. The number of aromatic carboxylic acids is 1. The van der Waals surface area contributed by atoms with Gasteiger partial charge in [-0.1, -0.05) is 84.9 Å². The van der Waals surface area contributed by atoms with Crippen molar-refractivity contribution in [3.63, 3.8) is 0 Å². The molecule has 7 heteroatoms. The van der Waals surface area contributed by atoms with Gasteiger partial charge in [-0.15, -0.1) is 0 Å². The molecule has 1 atom stereocenters. The van der Waals surface area contributed by atoms with E-state index in [4.69, 9.17) is 14.6 Å². The smallest absolute Gasteiger partial charge is 0.347 e. The highest BCUT2D eigenvalue weighted by atomic mass is 16.5. The van der Waals surface area contributed by atoms with Crippen molar-refractivity contribution in [3.05, 3.63) is 137 Å². The van der Waals surface area contributed by atoms with Crippen molar-refractivity contribution in [2.24, 2.45) is 5.92 Å². The van der Waals surface area contributed by atoms with E-state index in [9.17, 15) is 14.7 Å². The molecule has 0 bridgehead atoms. The predicted molar refractivity (Wildman–Crippen MR) is 159 cm³/mol. The zero-order valence-electron chi connectivity index (χ0n) is 23.4. The Morgan fingerprint density at radius 1 is 0.786 bits per heavy atom. The summed E-state index contributed by atoms with van der Waals surface area (Å²) in [4.78, 5) is 27.1. The lowest BCUT2D eigenvalue weighted by molar-refractivity contribution is -0.164. The molecule has 216 valence electrons. The number of hydrogen-bond donors (Lipinski definition) is 2. The Morgan fingerprint density at radius 2 is 1.43 bits per heavy atom. The Hall–Kier alpha value is -4.46. The molecule has 2 N–H and O–H groups in total. The second-order valence-corrected chi connectivity index (χ2v) is 10.7. The van der Waals surface area contributed by atoms with Crippen molar-refractivity contribution in [2.75, 3.05) is 19.7 Å². The maximum Gasteiger partial charge on any atom is 0.347 e. The van der Waals surface area contributed by atoms with Crippen molar-refractivity contribution in [3.8, 4) is 5.75 Å². The lowest BCUT2D eigenvalue weighted by Crippen LogP contribution is -2.40. The molecule has 1 unspecified atom stereocenters. The predicted octanol–water partition coefficient (Wildman–Crippen LogP) is 5.66. The van der Waals surface area contributed by atoms with Crippen molar-refractivity contribution in [1.29, 1.82) is 0 Å². The number of carboxylic acid groups (broad SMARTS) is 1. The lowest BCUT2D eigenvalue weighted by Gasteiger charge is -2.33. The first-order valence-electron chi connectivity index (χ1n) is 14.2. The quantitative estimate of drug-likeness (QED) is 0.227. The molecule has 7 nitrogen and oxygen atoms in total. The number of piperidine rings is 1. The third-order valence-electron chi connectivity index (χ3n) is 7.75. The second-order valence-electron chi connectivity index (χ2n) is 10.7. The van der Waals surface area contributed by atoms with Gasteiger partial charge < -0.3 is 19.7 Å². The Bertz CT molecular complexity index is 1470. The fourth-order valence-electron chi connectivity index (χ4n) is 5.25. The van der Waals surface area contributed by atoms with Gasteiger partial charge in [0.15, 0.2) is 0 Å². The zero-order valence-corrected chi connectivity index (χ0v) is 23.4. The van der Waals surface area contributed by atoms with Gasteiger partial charge in [0, 0.05) is 12.1 Å². The van der Waals surface area contributed by atoms with Crippen LogP contribution in [0.2, 0.25) is 0 Å². The molecular formula is C35H35NO6. The van der Waals surface area contributed by atoms with E-state index in [0.29, 0.717) is 16.9 Å². The van der Waals surface area contributed by atoms with Gasteiger partial charge in [0.25, 0.3) is 0 Å². The first kappa shape index (κ1) is 29.0. The Kier molecular flexibility index (Phi) is 9.31. The number of benzene rings is 4. The van der Waals surface area contributed by atoms with E-state index in [1.807, 2.05) is 12.1 Å². The van der Waals surface area contributed by atoms with Crippen LogP contribution in [0.25, 0.3) is 0 Å². The number of carbonyl (C=O) groups is 2.